The zero-order valence-corrected chi connectivity index (χ0v) is 17.1. The number of anilines is 1. The highest BCUT2D eigenvalue weighted by molar-refractivity contribution is 6.32. The van der Waals surface area contributed by atoms with Crippen molar-refractivity contribution in [3.8, 4) is 11.8 Å². The largest absolute Gasteiger partial charge is 0.495 e. The van der Waals surface area contributed by atoms with Gasteiger partial charge in [0.25, 0.3) is 0 Å². The van der Waals surface area contributed by atoms with Gasteiger partial charge in [-0.15, -0.1) is 0 Å². The summed E-state index contributed by atoms with van der Waals surface area (Å²) >= 11 is 6.28. The average molecular weight is 407 g/mol. The molecule has 5 nitrogen and oxygen atoms in total. The number of methoxy groups -OCH3 is 1. The van der Waals surface area contributed by atoms with E-state index in [4.69, 9.17) is 16.3 Å². The Morgan fingerprint density at radius 1 is 1.21 bits per heavy atom. The van der Waals surface area contributed by atoms with Crippen molar-refractivity contribution in [1.82, 2.24) is 10.3 Å². The summed E-state index contributed by atoms with van der Waals surface area (Å²) in [6.07, 6.45) is 5.67. The predicted octanol–water partition coefficient (Wildman–Crippen LogP) is 5.02. The number of pyridine rings is 1. The molecule has 1 fully saturated rings. The number of rotatable bonds is 7. The molecule has 0 spiro atoms. The molecule has 1 aliphatic rings. The van der Waals surface area contributed by atoms with Gasteiger partial charge in [-0.2, -0.15) is 5.26 Å². The van der Waals surface area contributed by atoms with E-state index in [1.54, 1.807) is 13.2 Å². The number of hydrogen-bond donors (Lipinski definition) is 2. The lowest BCUT2D eigenvalue weighted by atomic mass is 9.93. The van der Waals surface area contributed by atoms with Crippen LogP contribution in [0.15, 0.2) is 42.6 Å². The van der Waals surface area contributed by atoms with Gasteiger partial charge in [-0.1, -0.05) is 24.1 Å². The number of nitrogens with zero attached hydrogens (tertiary/aromatic N) is 2. The Kier molecular flexibility index (Phi) is 5.84. The fourth-order valence-corrected chi connectivity index (χ4v) is 3.80. The summed E-state index contributed by atoms with van der Waals surface area (Å²) in [6, 6.07) is 14.2. The molecule has 1 heterocycles. The van der Waals surface area contributed by atoms with Crippen molar-refractivity contribution in [3.63, 3.8) is 0 Å². The third kappa shape index (κ3) is 4.29. The van der Waals surface area contributed by atoms with E-state index < -0.39 is 0 Å². The third-order valence-corrected chi connectivity index (χ3v) is 5.74. The molecule has 3 aromatic rings. The summed E-state index contributed by atoms with van der Waals surface area (Å²) in [5.74, 6) is 0.661. The number of fused-ring (bicyclic) bond motifs is 1. The molecule has 29 heavy (non-hydrogen) atoms. The van der Waals surface area contributed by atoms with Crippen LogP contribution in [0.25, 0.3) is 10.9 Å². The lowest BCUT2D eigenvalue weighted by Gasteiger charge is -2.27. The minimum atomic E-state index is 0.587. The second-order valence-corrected chi connectivity index (χ2v) is 7.74. The second-order valence-electron chi connectivity index (χ2n) is 7.33. The first-order chi connectivity index (χ1) is 14.2. The summed E-state index contributed by atoms with van der Waals surface area (Å²) in [4.78, 5) is 4.60. The van der Waals surface area contributed by atoms with E-state index in [0.717, 1.165) is 34.3 Å². The molecule has 0 radical (unpaired) electrons. The topological polar surface area (TPSA) is 70.0 Å². The Balaban J connectivity index is 1.64. The molecule has 0 amide bonds. The molecule has 0 atom stereocenters. The van der Waals surface area contributed by atoms with E-state index in [-0.39, 0.29) is 0 Å². The molecule has 2 aromatic carbocycles. The maximum absolute atomic E-state index is 9.33. The average Bonchev–Trinajstić information content (AvgIpc) is 2.71. The Hall–Kier alpha value is -2.81. The molecule has 0 saturated heterocycles. The Bertz CT molecular complexity index is 1070. The molecule has 148 valence electrons. The number of ether oxygens (including phenoxy) is 1. The highest BCUT2D eigenvalue weighted by Crippen LogP contribution is 2.30. The zero-order valence-electron chi connectivity index (χ0n) is 16.3. The molecule has 4 rings (SSSR count). The van der Waals surface area contributed by atoms with Gasteiger partial charge in [-0.25, -0.2) is 0 Å². The summed E-state index contributed by atoms with van der Waals surface area (Å²) in [5.41, 5.74) is 4.64. The maximum atomic E-state index is 9.33. The minimum Gasteiger partial charge on any atom is -0.495 e. The highest BCUT2D eigenvalue weighted by atomic mass is 35.5. The summed E-state index contributed by atoms with van der Waals surface area (Å²) in [7, 11) is 1.61. The number of benzene rings is 2. The van der Waals surface area contributed by atoms with Crippen molar-refractivity contribution >= 4 is 28.2 Å². The molecule has 6 heteroatoms. The van der Waals surface area contributed by atoms with Crippen molar-refractivity contribution in [1.29, 1.82) is 5.26 Å². The fourth-order valence-electron chi connectivity index (χ4n) is 3.52. The molecule has 0 bridgehead atoms. The van der Waals surface area contributed by atoms with Gasteiger partial charge in [0.1, 0.15) is 5.75 Å². The number of hydrogen-bond acceptors (Lipinski definition) is 5. The van der Waals surface area contributed by atoms with Crippen LogP contribution in [-0.4, -0.2) is 18.1 Å². The molecule has 0 aliphatic heterocycles. The van der Waals surface area contributed by atoms with Crippen LogP contribution in [0.4, 0.5) is 5.69 Å². The number of nitriles is 1. The van der Waals surface area contributed by atoms with E-state index in [1.807, 2.05) is 36.5 Å². The van der Waals surface area contributed by atoms with Gasteiger partial charge in [-0.05, 0) is 48.7 Å². The van der Waals surface area contributed by atoms with Crippen LogP contribution in [-0.2, 0) is 13.1 Å². The van der Waals surface area contributed by atoms with E-state index in [0.29, 0.717) is 28.9 Å². The Labute approximate surface area is 175 Å². The van der Waals surface area contributed by atoms with Crippen LogP contribution in [0.2, 0.25) is 5.02 Å². The predicted molar refractivity (Wildman–Crippen MR) is 116 cm³/mol. The van der Waals surface area contributed by atoms with Crippen LogP contribution in [0, 0.1) is 11.3 Å². The van der Waals surface area contributed by atoms with Crippen LogP contribution in [0.1, 0.15) is 36.0 Å². The van der Waals surface area contributed by atoms with Gasteiger partial charge in [0.15, 0.2) is 0 Å². The molecule has 1 saturated carbocycles. The fraction of sp³-hybridized carbons (Fsp3) is 0.304. The van der Waals surface area contributed by atoms with Gasteiger partial charge in [-0.3, -0.25) is 4.98 Å². The first kappa shape index (κ1) is 19.5. The second kappa shape index (κ2) is 8.69. The molecule has 1 aromatic heterocycles. The summed E-state index contributed by atoms with van der Waals surface area (Å²) < 4.78 is 5.24. The third-order valence-electron chi connectivity index (χ3n) is 5.45. The van der Waals surface area contributed by atoms with Crippen molar-refractivity contribution in [3.05, 3.63) is 64.3 Å². The van der Waals surface area contributed by atoms with Crippen LogP contribution < -0.4 is 15.4 Å². The monoisotopic (exact) mass is 406 g/mol. The van der Waals surface area contributed by atoms with E-state index in [9.17, 15) is 5.26 Å². The lowest BCUT2D eigenvalue weighted by molar-refractivity contribution is 0.338. The Morgan fingerprint density at radius 3 is 2.76 bits per heavy atom. The highest BCUT2D eigenvalue weighted by Gasteiger charge is 2.18. The summed E-state index contributed by atoms with van der Waals surface area (Å²) in [6.45, 7) is 1.35. The summed E-state index contributed by atoms with van der Waals surface area (Å²) in [5, 5.41) is 18.0. The molecular weight excluding hydrogens is 384 g/mol. The van der Waals surface area contributed by atoms with Crippen molar-refractivity contribution < 1.29 is 4.74 Å². The van der Waals surface area contributed by atoms with Crippen LogP contribution in [0.5, 0.6) is 5.75 Å². The SMILES string of the molecule is COc1ccc(CNc2c(CNC3CCC3)cnc3ccc(C#N)cc23)cc1Cl. The quantitative estimate of drug-likeness (QED) is 0.576. The van der Waals surface area contributed by atoms with Gasteiger partial charge < -0.3 is 15.4 Å². The van der Waals surface area contributed by atoms with Crippen molar-refractivity contribution in [2.75, 3.05) is 12.4 Å². The number of aromatic nitrogens is 1. The zero-order chi connectivity index (χ0) is 20.2. The van der Waals surface area contributed by atoms with Gasteiger partial charge in [0.2, 0.25) is 0 Å². The number of halogens is 1. The molecule has 1 aliphatic carbocycles. The van der Waals surface area contributed by atoms with Crippen molar-refractivity contribution in [2.24, 2.45) is 0 Å². The van der Waals surface area contributed by atoms with Gasteiger partial charge >= 0.3 is 0 Å². The van der Waals surface area contributed by atoms with E-state index in [1.165, 1.54) is 19.3 Å². The van der Waals surface area contributed by atoms with Crippen LogP contribution >= 0.6 is 11.6 Å². The van der Waals surface area contributed by atoms with Crippen LogP contribution in [0.3, 0.4) is 0 Å². The first-order valence-corrected chi connectivity index (χ1v) is 10.2. The maximum Gasteiger partial charge on any atom is 0.137 e. The molecular formula is C23H23ClN4O. The van der Waals surface area contributed by atoms with E-state index in [2.05, 4.69) is 21.7 Å². The number of nitrogens with one attached hydrogen (secondary N) is 2. The lowest BCUT2D eigenvalue weighted by Crippen LogP contribution is -2.34. The van der Waals surface area contributed by atoms with Gasteiger partial charge in [0, 0.05) is 42.0 Å². The van der Waals surface area contributed by atoms with E-state index >= 15 is 0 Å². The standard InChI is InChI=1S/C23H23ClN4O/c1-29-22-8-6-16(10-20(22)24)12-28-23-17(13-26-18-3-2-4-18)14-27-21-7-5-15(11-25)9-19(21)23/h5-10,14,18,26H,2-4,12-13H2,1H3,(H,27,28). The Morgan fingerprint density at radius 2 is 2.07 bits per heavy atom. The van der Waals surface area contributed by atoms with Crippen molar-refractivity contribution in [2.45, 2.75) is 38.4 Å². The normalized spacial score (nSPS) is 13.7. The van der Waals surface area contributed by atoms with Gasteiger partial charge in [0.05, 0.1) is 29.3 Å². The minimum absolute atomic E-state index is 0.587. The first-order valence-electron chi connectivity index (χ1n) is 9.79. The molecule has 2 N–H and O–H groups in total. The smallest absolute Gasteiger partial charge is 0.137 e. The molecule has 0 unspecified atom stereocenters.